The zero-order valence-electron chi connectivity index (χ0n) is 11.9. The van der Waals surface area contributed by atoms with Crippen molar-refractivity contribution < 1.29 is 19.8 Å². The van der Waals surface area contributed by atoms with Crippen molar-refractivity contribution in [1.29, 1.82) is 0 Å². The highest BCUT2D eigenvalue weighted by molar-refractivity contribution is 5.80. The first-order chi connectivity index (χ1) is 8.94. The molecule has 5 heteroatoms. The summed E-state index contributed by atoms with van der Waals surface area (Å²) in [6.07, 6.45) is 3.96. The minimum atomic E-state index is -1.65. The van der Waals surface area contributed by atoms with Gasteiger partial charge in [0.25, 0.3) is 0 Å². The molecule has 0 spiro atoms. The molecule has 1 rings (SSSR count). The molecule has 0 aromatic heterocycles. The summed E-state index contributed by atoms with van der Waals surface area (Å²) < 4.78 is 0. The van der Waals surface area contributed by atoms with Gasteiger partial charge < -0.3 is 15.1 Å². The summed E-state index contributed by atoms with van der Waals surface area (Å²) in [6, 6.07) is 0. The summed E-state index contributed by atoms with van der Waals surface area (Å²) in [7, 11) is 0. The van der Waals surface area contributed by atoms with Crippen LogP contribution in [0.1, 0.15) is 52.4 Å². The smallest absolute Gasteiger partial charge is 0.335 e. The van der Waals surface area contributed by atoms with Gasteiger partial charge in [-0.1, -0.05) is 26.7 Å². The molecular formula is C14H25NO4. The van der Waals surface area contributed by atoms with E-state index in [1.165, 1.54) is 0 Å². The van der Waals surface area contributed by atoms with E-state index in [0.717, 1.165) is 25.7 Å². The quantitative estimate of drug-likeness (QED) is 0.770. The first-order valence-electron chi connectivity index (χ1n) is 7.19. The zero-order valence-corrected chi connectivity index (χ0v) is 11.9. The summed E-state index contributed by atoms with van der Waals surface area (Å²) in [6.45, 7) is 4.81. The largest absolute Gasteiger partial charge is 0.479 e. The Hall–Kier alpha value is -1.10. The van der Waals surface area contributed by atoms with Crippen LogP contribution in [0.4, 0.5) is 0 Å². The monoisotopic (exact) mass is 271 g/mol. The molecule has 5 nitrogen and oxygen atoms in total. The van der Waals surface area contributed by atoms with Crippen molar-refractivity contribution in [2.24, 2.45) is 5.92 Å². The van der Waals surface area contributed by atoms with Crippen LogP contribution in [0.15, 0.2) is 0 Å². The summed E-state index contributed by atoms with van der Waals surface area (Å²) in [5.41, 5.74) is -1.65. The molecular weight excluding hydrogens is 246 g/mol. The van der Waals surface area contributed by atoms with Crippen molar-refractivity contribution in [1.82, 2.24) is 4.90 Å². The van der Waals surface area contributed by atoms with Gasteiger partial charge >= 0.3 is 5.97 Å². The number of carbonyl (C=O) groups excluding carboxylic acids is 1. The summed E-state index contributed by atoms with van der Waals surface area (Å²) >= 11 is 0. The number of carboxylic acid groups (broad SMARTS) is 1. The van der Waals surface area contributed by atoms with E-state index in [-0.39, 0.29) is 24.7 Å². The number of aliphatic carboxylic acids is 1. The third kappa shape index (κ3) is 3.93. The lowest BCUT2D eigenvalue weighted by Crippen LogP contribution is -2.52. The van der Waals surface area contributed by atoms with Crippen molar-refractivity contribution in [3.05, 3.63) is 0 Å². The minimum absolute atomic E-state index is 0.0472. The van der Waals surface area contributed by atoms with E-state index in [9.17, 15) is 14.7 Å². The molecule has 0 saturated carbocycles. The van der Waals surface area contributed by atoms with Crippen LogP contribution in [-0.4, -0.2) is 45.7 Å². The van der Waals surface area contributed by atoms with Crippen LogP contribution in [0, 0.1) is 5.92 Å². The summed E-state index contributed by atoms with van der Waals surface area (Å²) in [5, 5.41) is 18.8. The lowest BCUT2D eigenvalue weighted by Gasteiger charge is -2.37. The van der Waals surface area contributed by atoms with Gasteiger partial charge in [0.15, 0.2) is 5.60 Å². The minimum Gasteiger partial charge on any atom is -0.479 e. The molecule has 0 bridgehead atoms. The number of likely N-dealkylation sites (tertiary alicyclic amines) is 1. The SMILES string of the molecule is CCCC(CCC)C(=O)N1CCC(O)(C(=O)O)CC1. The standard InChI is InChI=1S/C14H25NO4/c1-3-5-11(6-4-2)12(16)15-9-7-14(19,8-10-15)13(17)18/h11,19H,3-10H2,1-2H3,(H,17,18). The van der Waals surface area contributed by atoms with Crippen molar-refractivity contribution in [2.75, 3.05) is 13.1 Å². The highest BCUT2D eigenvalue weighted by Crippen LogP contribution is 2.25. The zero-order chi connectivity index (χ0) is 14.5. The lowest BCUT2D eigenvalue weighted by atomic mass is 9.89. The van der Waals surface area contributed by atoms with Crippen LogP contribution < -0.4 is 0 Å². The van der Waals surface area contributed by atoms with Gasteiger partial charge in [-0.25, -0.2) is 4.79 Å². The summed E-state index contributed by atoms with van der Waals surface area (Å²) in [5.74, 6) is -1.01. The maximum absolute atomic E-state index is 12.4. The number of hydrogen-bond acceptors (Lipinski definition) is 3. The first-order valence-corrected chi connectivity index (χ1v) is 7.19. The normalized spacial score (nSPS) is 18.6. The molecule has 1 aliphatic heterocycles. The molecule has 0 unspecified atom stereocenters. The molecule has 0 aromatic carbocycles. The molecule has 1 aliphatic rings. The molecule has 0 aliphatic carbocycles. The van der Waals surface area contributed by atoms with Crippen molar-refractivity contribution >= 4 is 11.9 Å². The van der Waals surface area contributed by atoms with Gasteiger partial charge in [-0.2, -0.15) is 0 Å². The van der Waals surface area contributed by atoms with Gasteiger partial charge in [0.2, 0.25) is 5.91 Å². The fraction of sp³-hybridized carbons (Fsp3) is 0.857. The van der Waals surface area contributed by atoms with Gasteiger partial charge in [0.05, 0.1) is 0 Å². The van der Waals surface area contributed by atoms with E-state index >= 15 is 0 Å². The molecule has 1 fully saturated rings. The number of carboxylic acids is 1. The van der Waals surface area contributed by atoms with Crippen LogP contribution in [0.5, 0.6) is 0 Å². The van der Waals surface area contributed by atoms with Gasteiger partial charge in [0, 0.05) is 31.8 Å². The second kappa shape index (κ2) is 6.89. The number of aliphatic hydroxyl groups is 1. The average molecular weight is 271 g/mol. The number of rotatable bonds is 6. The second-order valence-corrected chi connectivity index (χ2v) is 5.44. The Morgan fingerprint density at radius 1 is 1.16 bits per heavy atom. The molecule has 0 atom stereocenters. The van der Waals surface area contributed by atoms with Crippen LogP contribution in [0.3, 0.4) is 0 Å². The second-order valence-electron chi connectivity index (χ2n) is 5.44. The molecule has 1 heterocycles. The van der Waals surface area contributed by atoms with Gasteiger partial charge in [-0.3, -0.25) is 4.79 Å². The average Bonchev–Trinajstić information content (AvgIpc) is 2.38. The van der Waals surface area contributed by atoms with E-state index < -0.39 is 11.6 Å². The number of carbonyl (C=O) groups is 2. The van der Waals surface area contributed by atoms with Crippen molar-refractivity contribution in [2.45, 2.75) is 58.0 Å². The number of nitrogens with zero attached hydrogens (tertiary/aromatic N) is 1. The summed E-state index contributed by atoms with van der Waals surface area (Å²) in [4.78, 5) is 25.0. The Bertz CT molecular complexity index is 315. The Balaban J connectivity index is 2.58. The lowest BCUT2D eigenvalue weighted by molar-refractivity contribution is -0.166. The topological polar surface area (TPSA) is 77.8 Å². The van der Waals surface area contributed by atoms with E-state index in [2.05, 4.69) is 13.8 Å². The molecule has 1 saturated heterocycles. The maximum atomic E-state index is 12.4. The molecule has 19 heavy (non-hydrogen) atoms. The Kier molecular flexibility index (Phi) is 5.79. The van der Waals surface area contributed by atoms with E-state index in [1.807, 2.05) is 0 Å². The predicted octanol–water partition coefficient (Wildman–Crippen LogP) is 1.64. The van der Waals surface area contributed by atoms with Crippen molar-refractivity contribution in [3.8, 4) is 0 Å². The van der Waals surface area contributed by atoms with Gasteiger partial charge in [-0.05, 0) is 12.8 Å². The Morgan fingerprint density at radius 3 is 2.00 bits per heavy atom. The number of hydrogen-bond donors (Lipinski definition) is 2. The molecule has 2 N–H and O–H groups in total. The van der Waals surface area contributed by atoms with Crippen LogP contribution >= 0.6 is 0 Å². The Morgan fingerprint density at radius 2 is 1.63 bits per heavy atom. The van der Waals surface area contributed by atoms with E-state index in [0.29, 0.717) is 13.1 Å². The van der Waals surface area contributed by atoms with E-state index in [4.69, 9.17) is 5.11 Å². The third-order valence-electron chi connectivity index (χ3n) is 3.92. The highest BCUT2D eigenvalue weighted by atomic mass is 16.4. The number of piperidine rings is 1. The van der Waals surface area contributed by atoms with Gasteiger partial charge in [0.1, 0.15) is 0 Å². The molecule has 0 aromatic rings. The fourth-order valence-electron chi connectivity index (χ4n) is 2.66. The Labute approximate surface area is 114 Å². The highest BCUT2D eigenvalue weighted by Gasteiger charge is 2.41. The number of amides is 1. The van der Waals surface area contributed by atoms with E-state index in [1.54, 1.807) is 4.90 Å². The maximum Gasteiger partial charge on any atom is 0.335 e. The first kappa shape index (κ1) is 16.0. The molecule has 1 amide bonds. The predicted molar refractivity (Wildman–Crippen MR) is 71.7 cm³/mol. The van der Waals surface area contributed by atoms with Crippen LogP contribution in [0.25, 0.3) is 0 Å². The molecule has 0 radical (unpaired) electrons. The molecule has 110 valence electrons. The third-order valence-corrected chi connectivity index (χ3v) is 3.92. The van der Waals surface area contributed by atoms with Crippen LogP contribution in [0.2, 0.25) is 0 Å². The fourth-order valence-corrected chi connectivity index (χ4v) is 2.66. The van der Waals surface area contributed by atoms with Crippen LogP contribution in [-0.2, 0) is 9.59 Å². The van der Waals surface area contributed by atoms with Crippen molar-refractivity contribution in [3.63, 3.8) is 0 Å². The van der Waals surface area contributed by atoms with Gasteiger partial charge in [-0.15, -0.1) is 0 Å².